The van der Waals surface area contributed by atoms with Gasteiger partial charge in [0.15, 0.2) is 11.6 Å². The number of allylic oxidation sites excluding steroid dienone is 2. The molecule has 0 bridgehead atoms. The van der Waals surface area contributed by atoms with E-state index in [4.69, 9.17) is 18.9 Å². The molecule has 3 fully saturated rings. The molecule has 5 aromatic rings. The molecule has 2 aliphatic carbocycles. The molecule has 2 saturated heterocycles. The second-order valence-electron chi connectivity index (χ2n) is 16.3. The number of methoxy groups -OCH3 is 4. The highest BCUT2D eigenvalue weighted by Gasteiger charge is 2.62. The summed E-state index contributed by atoms with van der Waals surface area (Å²) in [5.74, 6) is -4.92. The summed E-state index contributed by atoms with van der Waals surface area (Å²) in [5, 5.41) is 10.1. The maximum Gasteiger partial charge on any atom is 0.238 e. The van der Waals surface area contributed by atoms with Crippen molar-refractivity contribution in [1.82, 2.24) is 0 Å². The number of hydrogen-bond acceptors (Lipinski definition) is 9. The molecule has 1 saturated carbocycles. The van der Waals surface area contributed by atoms with E-state index in [-0.39, 0.29) is 24.7 Å². The van der Waals surface area contributed by atoms with Gasteiger partial charge in [0.05, 0.1) is 63.5 Å². The van der Waals surface area contributed by atoms with Crippen LogP contribution in [-0.4, -0.2) is 57.2 Å². The number of anilines is 2. The number of imide groups is 2. The fourth-order valence-corrected chi connectivity index (χ4v) is 9.97. The molecule has 64 heavy (non-hydrogen) atoms. The van der Waals surface area contributed by atoms with Crippen LogP contribution in [0.5, 0.6) is 28.7 Å². The predicted molar refractivity (Wildman–Crippen MR) is 240 cm³/mol. The van der Waals surface area contributed by atoms with E-state index in [1.54, 1.807) is 70.9 Å². The average molecular weight is 861 g/mol. The van der Waals surface area contributed by atoms with Gasteiger partial charge in [-0.1, -0.05) is 66.3 Å². The minimum absolute atomic E-state index is 0.156. The molecular formula is C52H45FN2O9. The van der Waals surface area contributed by atoms with Crippen molar-refractivity contribution in [3.63, 3.8) is 0 Å². The highest BCUT2D eigenvalue weighted by atomic mass is 19.1. The van der Waals surface area contributed by atoms with Gasteiger partial charge in [-0.25, -0.2) is 4.39 Å². The largest absolute Gasteiger partial charge is 0.505 e. The number of carbonyl (C=O) groups excluding carboxylic acids is 4. The number of benzene rings is 5. The predicted octanol–water partition coefficient (Wildman–Crippen LogP) is 8.95. The summed E-state index contributed by atoms with van der Waals surface area (Å²) in [6.45, 7) is 0. The summed E-state index contributed by atoms with van der Waals surface area (Å²) < 4.78 is 36.9. The second-order valence-corrected chi connectivity index (χ2v) is 16.3. The first-order valence-electron chi connectivity index (χ1n) is 21.0. The number of rotatable bonds is 11. The van der Waals surface area contributed by atoms with E-state index in [1.165, 1.54) is 21.9 Å². The van der Waals surface area contributed by atoms with E-state index < -0.39 is 58.9 Å². The minimum Gasteiger partial charge on any atom is -0.505 e. The van der Waals surface area contributed by atoms with Crippen LogP contribution in [0.15, 0.2) is 115 Å². The second kappa shape index (κ2) is 17.0. The highest BCUT2D eigenvalue weighted by Crippen LogP contribution is 2.58. The van der Waals surface area contributed by atoms with Crippen molar-refractivity contribution in [2.45, 2.75) is 18.8 Å². The first kappa shape index (κ1) is 41.9. The van der Waals surface area contributed by atoms with Crippen LogP contribution in [0.4, 0.5) is 15.8 Å². The molecule has 12 heteroatoms. The van der Waals surface area contributed by atoms with Gasteiger partial charge in [0, 0.05) is 17.0 Å². The molecule has 1 N–H and O–H groups in total. The summed E-state index contributed by atoms with van der Waals surface area (Å²) in [7, 11) is 6.36. The van der Waals surface area contributed by atoms with Crippen LogP contribution in [0.25, 0.3) is 24.3 Å². The maximum absolute atomic E-state index is 15.1. The quantitative estimate of drug-likeness (QED) is 0.0786. The SMILES string of the molecule is COc1ccc(OC)c(C=Cc2ccc(N3C(=O)C4CC=C5C(CC6C(=O)N(c7ccc(C=Cc8cc(OC)ccc8OC)cc7)C(=O)C6C5c5ccc(O)c(F)c5)C4C3=O)cc2)c1. The van der Waals surface area contributed by atoms with E-state index in [1.807, 2.05) is 78.9 Å². The summed E-state index contributed by atoms with van der Waals surface area (Å²) in [6, 6.07) is 29.1. The zero-order valence-electron chi connectivity index (χ0n) is 35.6. The fraction of sp³-hybridized carbons (Fsp3) is 0.231. The Labute approximate surface area is 369 Å². The van der Waals surface area contributed by atoms with Crippen LogP contribution in [-0.2, 0) is 19.2 Å². The molecule has 6 atom stereocenters. The van der Waals surface area contributed by atoms with E-state index in [9.17, 15) is 24.3 Å². The van der Waals surface area contributed by atoms with E-state index in [2.05, 4.69) is 0 Å². The smallest absolute Gasteiger partial charge is 0.238 e. The van der Waals surface area contributed by atoms with Gasteiger partial charge in [0.1, 0.15) is 23.0 Å². The van der Waals surface area contributed by atoms with Gasteiger partial charge < -0.3 is 24.1 Å². The van der Waals surface area contributed by atoms with Crippen molar-refractivity contribution in [1.29, 1.82) is 0 Å². The molecule has 0 radical (unpaired) electrons. The van der Waals surface area contributed by atoms with Crippen LogP contribution in [0.2, 0.25) is 0 Å². The number of amides is 4. The number of phenols is 1. The molecule has 11 nitrogen and oxygen atoms in total. The molecule has 0 aromatic heterocycles. The van der Waals surface area contributed by atoms with Crippen LogP contribution >= 0.6 is 0 Å². The molecule has 0 spiro atoms. The lowest BCUT2D eigenvalue weighted by Crippen LogP contribution is -2.43. The first-order valence-corrected chi connectivity index (χ1v) is 21.0. The van der Waals surface area contributed by atoms with Gasteiger partial charge in [-0.05, 0) is 108 Å². The molecule has 4 amide bonds. The van der Waals surface area contributed by atoms with Gasteiger partial charge in [-0.3, -0.25) is 29.0 Å². The Hall–Kier alpha value is -7.47. The zero-order chi connectivity index (χ0) is 44.8. The fourth-order valence-electron chi connectivity index (χ4n) is 9.97. The van der Waals surface area contributed by atoms with E-state index >= 15 is 4.39 Å². The molecule has 9 rings (SSSR count). The molecule has 2 aliphatic heterocycles. The Morgan fingerprint density at radius 3 is 1.58 bits per heavy atom. The van der Waals surface area contributed by atoms with Crippen molar-refractivity contribution in [2.24, 2.45) is 29.6 Å². The van der Waals surface area contributed by atoms with Crippen LogP contribution in [0, 0.1) is 35.4 Å². The van der Waals surface area contributed by atoms with E-state index in [0.717, 1.165) is 27.8 Å². The number of phenolic OH excluding ortho intramolecular Hbond substituents is 1. The monoisotopic (exact) mass is 860 g/mol. The third-order valence-electron chi connectivity index (χ3n) is 13.1. The summed E-state index contributed by atoms with van der Waals surface area (Å²) in [6.07, 6.45) is 9.85. The van der Waals surface area contributed by atoms with Crippen molar-refractivity contribution in [3.8, 4) is 28.7 Å². The molecular weight excluding hydrogens is 816 g/mol. The minimum atomic E-state index is -0.906. The Morgan fingerprint density at radius 1 is 0.562 bits per heavy atom. The first-order chi connectivity index (χ1) is 31.0. The van der Waals surface area contributed by atoms with Crippen molar-refractivity contribution in [2.75, 3.05) is 38.2 Å². The Balaban J connectivity index is 1.000. The molecule has 2 heterocycles. The lowest BCUT2D eigenvalue weighted by atomic mass is 9.57. The number of fused-ring (bicyclic) bond motifs is 4. The summed E-state index contributed by atoms with van der Waals surface area (Å²) in [4.78, 5) is 60.4. The zero-order valence-corrected chi connectivity index (χ0v) is 35.6. The average Bonchev–Trinajstić information content (AvgIpc) is 3.73. The number of carbonyl (C=O) groups is 4. The molecule has 4 aliphatic rings. The standard InChI is InChI=1S/C52H45FN2O9/c1-61-36-18-23-44(63-3)31(25-36)11-5-29-7-14-34(15-8-29)54-49(57)39-21-20-38-40(47(39)51(54)59)28-41-48(46(38)33-13-22-43(56)42(53)27-33)52(60)55(50(41)58)35-16-9-30(10-17-35)6-12-32-26-37(62-2)19-24-45(32)64-4/h5-20,22-27,39-41,46-48,56H,21,28H2,1-4H3. The molecule has 324 valence electrons. The van der Waals surface area contributed by atoms with Crippen molar-refractivity contribution in [3.05, 3.63) is 148 Å². The third-order valence-corrected chi connectivity index (χ3v) is 13.1. The summed E-state index contributed by atoms with van der Waals surface area (Å²) in [5.41, 5.74) is 5.17. The lowest BCUT2D eigenvalue weighted by molar-refractivity contribution is -0.126. The van der Waals surface area contributed by atoms with Crippen LogP contribution in [0.1, 0.15) is 46.6 Å². The van der Waals surface area contributed by atoms with Gasteiger partial charge in [-0.2, -0.15) is 0 Å². The van der Waals surface area contributed by atoms with Crippen molar-refractivity contribution >= 4 is 59.3 Å². The number of aromatic hydroxyl groups is 1. The van der Waals surface area contributed by atoms with Gasteiger partial charge >= 0.3 is 0 Å². The number of ether oxygens (including phenoxy) is 4. The molecule has 6 unspecified atom stereocenters. The van der Waals surface area contributed by atoms with Gasteiger partial charge in [-0.15, -0.1) is 0 Å². The normalized spacial score (nSPS) is 22.7. The number of hydrogen-bond donors (Lipinski definition) is 1. The van der Waals surface area contributed by atoms with Gasteiger partial charge in [0.2, 0.25) is 23.6 Å². The van der Waals surface area contributed by atoms with Gasteiger partial charge in [0.25, 0.3) is 0 Å². The van der Waals surface area contributed by atoms with Crippen LogP contribution in [0.3, 0.4) is 0 Å². The summed E-state index contributed by atoms with van der Waals surface area (Å²) >= 11 is 0. The Bertz CT molecular complexity index is 2780. The van der Waals surface area contributed by atoms with E-state index in [0.29, 0.717) is 39.9 Å². The molecule has 5 aromatic carbocycles. The number of nitrogens with zero attached hydrogens (tertiary/aromatic N) is 2. The van der Waals surface area contributed by atoms with Crippen molar-refractivity contribution < 1.29 is 47.6 Å². The Morgan fingerprint density at radius 2 is 1.08 bits per heavy atom. The topological polar surface area (TPSA) is 132 Å². The highest BCUT2D eigenvalue weighted by molar-refractivity contribution is 6.24. The maximum atomic E-state index is 15.1. The third kappa shape index (κ3) is 7.28. The van der Waals surface area contributed by atoms with Crippen LogP contribution < -0.4 is 28.7 Å². The Kier molecular flexibility index (Phi) is 11.1. The lowest BCUT2D eigenvalue weighted by Gasteiger charge is -2.44. The number of halogens is 1.